The first kappa shape index (κ1) is 18.0. The van der Waals surface area contributed by atoms with Gasteiger partial charge in [0.2, 0.25) is 17.7 Å². The number of nitrogens with zero attached hydrogens (tertiary/aromatic N) is 1. The molecule has 3 aliphatic rings. The van der Waals surface area contributed by atoms with Gasteiger partial charge in [0.05, 0.1) is 11.8 Å². The maximum Gasteiger partial charge on any atom is 0.247 e. The van der Waals surface area contributed by atoms with Gasteiger partial charge in [0.1, 0.15) is 6.04 Å². The minimum Gasteiger partial charge on any atom is -0.324 e. The zero-order valence-corrected chi connectivity index (χ0v) is 16.0. The van der Waals surface area contributed by atoms with E-state index in [2.05, 4.69) is 17.5 Å². The van der Waals surface area contributed by atoms with Crippen LogP contribution in [0.4, 0.5) is 5.69 Å². The summed E-state index contributed by atoms with van der Waals surface area (Å²) < 4.78 is 0. The van der Waals surface area contributed by atoms with Gasteiger partial charge in [-0.15, -0.1) is 0 Å². The summed E-state index contributed by atoms with van der Waals surface area (Å²) in [5.41, 5.74) is 1.79. The summed E-state index contributed by atoms with van der Waals surface area (Å²) in [6, 6.07) is 6.77. The number of allylic oxidation sites excluding steroid dienone is 2. The third-order valence-corrected chi connectivity index (χ3v) is 6.13. The van der Waals surface area contributed by atoms with E-state index in [1.54, 1.807) is 0 Å². The molecule has 0 radical (unpaired) electrons. The van der Waals surface area contributed by atoms with E-state index in [-0.39, 0.29) is 47.3 Å². The first-order chi connectivity index (χ1) is 12.9. The molecule has 4 rings (SSSR count). The van der Waals surface area contributed by atoms with Crippen LogP contribution in [0, 0.1) is 36.5 Å². The van der Waals surface area contributed by atoms with Gasteiger partial charge in [-0.05, 0) is 49.7 Å². The molecule has 3 amide bonds. The van der Waals surface area contributed by atoms with Crippen LogP contribution in [0.3, 0.4) is 0 Å². The highest BCUT2D eigenvalue weighted by Crippen LogP contribution is 2.53. The van der Waals surface area contributed by atoms with Gasteiger partial charge in [-0.1, -0.05) is 43.7 Å². The number of likely N-dealkylation sites (tertiary alicyclic amines) is 1. The van der Waals surface area contributed by atoms with E-state index in [1.807, 2.05) is 45.0 Å². The van der Waals surface area contributed by atoms with Crippen molar-refractivity contribution in [2.75, 3.05) is 5.32 Å². The average molecular weight is 366 g/mol. The van der Waals surface area contributed by atoms with Crippen LogP contribution in [0.25, 0.3) is 0 Å². The molecule has 2 bridgehead atoms. The minimum atomic E-state index is -0.753. The summed E-state index contributed by atoms with van der Waals surface area (Å²) in [5, 5.41) is 2.90. The fourth-order valence-corrected chi connectivity index (χ4v) is 4.87. The van der Waals surface area contributed by atoms with E-state index in [4.69, 9.17) is 0 Å². The van der Waals surface area contributed by atoms with Crippen molar-refractivity contribution in [2.45, 2.75) is 39.7 Å². The number of imide groups is 1. The van der Waals surface area contributed by atoms with Crippen LogP contribution >= 0.6 is 0 Å². The predicted octanol–water partition coefficient (Wildman–Crippen LogP) is 3.16. The topological polar surface area (TPSA) is 66.5 Å². The van der Waals surface area contributed by atoms with Crippen LogP contribution in [0.2, 0.25) is 0 Å². The number of benzene rings is 1. The first-order valence-corrected chi connectivity index (χ1v) is 9.79. The molecule has 2 aliphatic carbocycles. The standard InChI is InChI=1S/C22H26N2O3/c1-12(2)10-17(20(25)23-16-8-4-13(3)5-9-16)24-21(26)18-14-6-7-15(11-14)19(18)22(24)27/h4-9,12,14-15,17-19H,10-11H2,1-3H3,(H,23,25). The number of carbonyl (C=O) groups is 3. The number of rotatable bonds is 5. The molecule has 142 valence electrons. The highest BCUT2D eigenvalue weighted by Gasteiger charge is 2.61. The molecule has 5 nitrogen and oxygen atoms in total. The Labute approximate surface area is 159 Å². The third-order valence-electron chi connectivity index (χ3n) is 6.13. The second-order valence-electron chi connectivity index (χ2n) is 8.55. The molecule has 2 fully saturated rings. The van der Waals surface area contributed by atoms with Gasteiger partial charge >= 0.3 is 0 Å². The van der Waals surface area contributed by atoms with E-state index >= 15 is 0 Å². The molecule has 0 spiro atoms. The van der Waals surface area contributed by atoms with Crippen LogP contribution in [0.15, 0.2) is 36.4 Å². The molecule has 27 heavy (non-hydrogen) atoms. The number of fused-ring (bicyclic) bond motifs is 5. The van der Waals surface area contributed by atoms with E-state index in [9.17, 15) is 14.4 Å². The highest BCUT2D eigenvalue weighted by atomic mass is 16.2. The smallest absolute Gasteiger partial charge is 0.247 e. The largest absolute Gasteiger partial charge is 0.324 e. The Hall–Kier alpha value is -2.43. The van der Waals surface area contributed by atoms with Gasteiger partial charge in [0, 0.05) is 5.69 Å². The lowest BCUT2D eigenvalue weighted by molar-refractivity contribution is -0.147. The summed E-state index contributed by atoms with van der Waals surface area (Å²) in [5.74, 6) is -0.645. The van der Waals surface area contributed by atoms with Crippen LogP contribution < -0.4 is 5.32 Å². The minimum absolute atomic E-state index is 0.154. The summed E-state index contributed by atoms with van der Waals surface area (Å²) in [6.45, 7) is 5.99. The number of hydrogen-bond donors (Lipinski definition) is 1. The molecule has 1 aromatic carbocycles. The van der Waals surface area contributed by atoms with Crippen LogP contribution in [0.5, 0.6) is 0 Å². The summed E-state index contributed by atoms with van der Waals surface area (Å²) in [6.07, 6.45) is 5.51. The van der Waals surface area contributed by atoms with Crippen LogP contribution in [-0.2, 0) is 14.4 Å². The average Bonchev–Trinajstić information content (AvgIpc) is 3.29. The Bertz CT molecular complexity index is 781. The third kappa shape index (κ3) is 2.99. The van der Waals surface area contributed by atoms with Gasteiger partial charge in [-0.3, -0.25) is 19.3 Å². The van der Waals surface area contributed by atoms with E-state index in [1.165, 1.54) is 4.90 Å². The molecule has 5 atom stereocenters. The molecule has 5 heteroatoms. The lowest BCUT2D eigenvalue weighted by Gasteiger charge is -2.28. The molecule has 0 aromatic heterocycles. The Kier molecular flexibility index (Phi) is 4.41. The van der Waals surface area contributed by atoms with Crippen molar-refractivity contribution in [3.63, 3.8) is 0 Å². The lowest BCUT2D eigenvalue weighted by Crippen LogP contribution is -2.49. The number of aryl methyl sites for hydroxylation is 1. The lowest BCUT2D eigenvalue weighted by atomic mass is 9.85. The molecule has 1 saturated heterocycles. The Morgan fingerprint density at radius 2 is 1.63 bits per heavy atom. The number of hydrogen-bond acceptors (Lipinski definition) is 3. The van der Waals surface area contributed by atoms with Crippen molar-refractivity contribution in [3.8, 4) is 0 Å². The maximum atomic E-state index is 13.1. The van der Waals surface area contributed by atoms with Crippen LogP contribution in [0.1, 0.15) is 32.3 Å². The van der Waals surface area contributed by atoms with E-state index < -0.39 is 6.04 Å². The van der Waals surface area contributed by atoms with Crippen LogP contribution in [-0.4, -0.2) is 28.7 Å². The van der Waals surface area contributed by atoms with Crippen molar-refractivity contribution < 1.29 is 14.4 Å². The molecule has 1 aromatic rings. The van der Waals surface area contributed by atoms with Gasteiger partial charge in [-0.2, -0.15) is 0 Å². The number of amides is 3. The molecule has 5 unspecified atom stereocenters. The Morgan fingerprint density at radius 3 is 2.15 bits per heavy atom. The molecule has 1 heterocycles. The van der Waals surface area contributed by atoms with Crippen molar-refractivity contribution in [1.29, 1.82) is 0 Å². The van der Waals surface area contributed by atoms with Gasteiger partial charge in [-0.25, -0.2) is 0 Å². The van der Waals surface area contributed by atoms with Crippen molar-refractivity contribution in [2.24, 2.45) is 29.6 Å². The summed E-state index contributed by atoms with van der Waals surface area (Å²) in [7, 11) is 0. The Balaban J connectivity index is 1.58. The summed E-state index contributed by atoms with van der Waals surface area (Å²) >= 11 is 0. The van der Waals surface area contributed by atoms with E-state index in [0.717, 1.165) is 12.0 Å². The first-order valence-electron chi connectivity index (χ1n) is 9.79. The van der Waals surface area contributed by atoms with Gasteiger partial charge in [0.25, 0.3) is 0 Å². The monoisotopic (exact) mass is 366 g/mol. The van der Waals surface area contributed by atoms with Crippen molar-refractivity contribution >= 4 is 23.4 Å². The predicted molar refractivity (Wildman–Crippen MR) is 103 cm³/mol. The molecule has 1 saturated carbocycles. The SMILES string of the molecule is Cc1ccc(NC(=O)C(CC(C)C)N2C(=O)C3C4C=CC(C4)C3C2=O)cc1. The second kappa shape index (κ2) is 6.63. The summed E-state index contributed by atoms with van der Waals surface area (Å²) in [4.78, 5) is 40.5. The number of anilines is 1. The molecular formula is C22H26N2O3. The fraction of sp³-hybridized carbons (Fsp3) is 0.500. The zero-order chi connectivity index (χ0) is 19.3. The molecule has 1 aliphatic heterocycles. The van der Waals surface area contributed by atoms with Gasteiger partial charge in [0.15, 0.2) is 0 Å². The second-order valence-corrected chi connectivity index (χ2v) is 8.55. The number of nitrogens with one attached hydrogen (secondary N) is 1. The highest BCUT2D eigenvalue weighted by molar-refractivity contribution is 6.10. The zero-order valence-electron chi connectivity index (χ0n) is 16.0. The number of carbonyl (C=O) groups excluding carboxylic acids is 3. The molecule has 1 N–H and O–H groups in total. The normalized spacial score (nSPS) is 29.6. The molecular weight excluding hydrogens is 340 g/mol. The fourth-order valence-electron chi connectivity index (χ4n) is 4.87. The van der Waals surface area contributed by atoms with Crippen molar-refractivity contribution in [1.82, 2.24) is 4.90 Å². The van der Waals surface area contributed by atoms with Gasteiger partial charge < -0.3 is 5.32 Å². The van der Waals surface area contributed by atoms with E-state index in [0.29, 0.717) is 12.1 Å². The maximum absolute atomic E-state index is 13.1. The quantitative estimate of drug-likeness (QED) is 0.643. The Morgan fingerprint density at radius 1 is 1.07 bits per heavy atom. The van der Waals surface area contributed by atoms with Crippen molar-refractivity contribution in [3.05, 3.63) is 42.0 Å².